The van der Waals surface area contributed by atoms with Crippen LogP contribution in [0.2, 0.25) is 0 Å². The van der Waals surface area contributed by atoms with Gasteiger partial charge in [0.05, 0.1) is 57.3 Å². The molecule has 2 aliphatic heterocycles. The molecule has 0 saturated carbocycles. The van der Waals surface area contributed by atoms with Gasteiger partial charge in [0.15, 0.2) is 28.7 Å². The molecule has 0 radical (unpaired) electrons. The molecule has 1 aliphatic carbocycles. The lowest BCUT2D eigenvalue weighted by molar-refractivity contribution is -0.141. The second-order valence-electron chi connectivity index (χ2n) is 11.1. The predicted molar refractivity (Wildman–Crippen MR) is 155 cm³/mol. The molecule has 1 N–H and O–H groups in total. The van der Waals surface area contributed by atoms with E-state index in [4.69, 9.17) is 28.4 Å². The maximum Gasteiger partial charge on any atom is 0.416 e. The fraction of sp³-hybridized carbons (Fsp3) is 0.312. The average Bonchev–Trinajstić information content (AvgIpc) is 3.83. The van der Waals surface area contributed by atoms with Crippen molar-refractivity contribution >= 4 is 11.9 Å². The zero-order valence-corrected chi connectivity index (χ0v) is 25.2. The number of fused-ring (bicyclic) bond motifs is 3. The molecule has 0 spiro atoms. The summed E-state index contributed by atoms with van der Waals surface area (Å²) in [5, 5.41) is 10.8. The predicted octanol–water partition coefficient (Wildman–Crippen LogP) is 4.45. The Bertz CT molecular complexity index is 1870. The average molecular weight is 653 g/mol. The van der Waals surface area contributed by atoms with E-state index in [1.807, 2.05) is 0 Å². The number of benzene rings is 3. The van der Waals surface area contributed by atoms with Crippen LogP contribution in [0.5, 0.6) is 28.7 Å². The third-order valence-corrected chi connectivity index (χ3v) is 8.68. The Hall–Kier alpha value is -5.47. The number of aromatic nitrogens is 3. The molecular weight excluding hydrogens is 625 g/mol. The minimum absolute atomic E-state index is 0.00234. The Morgan fingerprint density at radius 3 is 2.32 bits per heavy atom. The summed E-state index contributed by atoms with van der Waals surface area (Å²) in [6.07, 6.45) is -3.32. The van der Waals surface area contributed by atoms with Crippen LogP contribution < -0.4 is 29.0 Å². The largest absolute Gasteiger partial charge is 0.493 e. The molecule has 12 nitrogen and oxygen atoms in total. The van der Waals surface area contributed by atoms with E-state index in [1.54, 1.807) is 24.3 Å². The zero-order chi connectivity index (χ0) is 33.0. The summed E-state index contributed by atoms with van der Waals surface area (Å²) in [4.78, 5) is 27.1. The van der Waals surface area contributed by atoms with Gasteiger partial charge in [-0.1, -0.05) is 11.3 Å². The Labute approximate surface area is 265 Å². The lowest BCUT2D eigenvalue weighted by Gasteiger charge is -2.39. The van der Waals surface area contributed by atoms with Crippen LogP contribution in [0.25, 0.3) is 5.69 Å². The second kappa shape index (κ2) is 11.4. The number of rotatable bonds is 7. The maximum atomic E-state index is 13.7. The van der Waals surface area contributed by atoms with Gasteiger partial charge in [-0.25, -0.2) is 4.68 Å². The van der Waals surface area contributed by atoms with Crippen LogP contribution in [0.3, 0.4) is 0 Å². The fourth-order valence-corrected chi connectivity index (χ4v) is 6.56. The van der Waals surface area contributed by atoms with Gasteiger partial charge < -0.3 is 33.7 Å². The lowest BCUT2D eigenvalue weighted by atomic mass is 9.65. The number of hydrogen-bond donors (Lipinski definition) is 1. The van der Waals surface area contributed by atoms with Gasteiger partial charge in [0.1, 0.15) is 0 Å². The Balaban J connectivity index is 1.29. The van der Waals surface area contributed by atoms with Gasteiger partial charge in [0.2, 0.25) is 12.5 Å². The molecule has 4 atom stereocenters. The smallest absolute Gasteiger partial charge is 0.416 e. The van der Waals surface area contributed by atoms with Crippen molar-refractivity contribution in [3.8, 4) is 34.4 Å². The van der Waals surface area contributed by atoms with Crippen LogP contribution in [0.1, 0.15) is 44.7 Å². The highest BCUT2D eigenvalue weighted by molar-refractivity contribution is 5.92. The van der Waals surface area contributed by atoms with Gasteiger partial charge in [-0.05, 0) is 59.2 Å². The van der Waals surface area contributed by atoms with E-state index >= 15 is 0 Å². The van der Waals surface area contributed by atoms with E-state index in [9.17, 15) is 22.8 Å². The molecule has 3 aromatic carbocycles. The first-order chi connectivity index (χ1) is 22.6. The van der Waals surface area contributed by atoms with E-state index in [2.05, 4.69) is 15.6 Å². The molecule has 15 heteroatoms. The number of nitrogens with one attached hydrogen (secondary N) is 1. The molecular formula is C32H27F3N4O8. The molecule has 7 rings (SSSR count). The number of amides is 1. The van der Waals surface area contributed by atoms with Crippen molar-refractivity contribution in [3.63, 3.8) is 0 Å². The number of esters is 1. The fourth-order valence-electron chi connectivity index (χ4n) is 6.56. The SMILES string of the molecule is COc1cc([C@@H]2c3cc4c(cc3[C@@H](NC(=O)c3cn(-c5cccc(C(F)(F)F)c5)nn3)[C@H]3COC(=O)[C@H]23)OCO4)cc(OC)c1OC. The van der Waals surface area contributed by atoms with Crippen molar-refractivity contribution < 1.29 is 51.2 Å². The number of cyclic esters (lactones) is 1. The van der Waals surface area contributed by atoms with Crippen molar-refractivity contribution in [2.45, 2.75) is 18.1 Å². The number of halogens is 3. The van der Waals surface area contributed by atoms with Crippen molar-refractivity contribution in [3.05, 3.63) is 82.7 Å². The number of nitrogens with zero attached hydrogens (tertiary/aromatic N) is 3. The molecule has 4 aromatic rings. The van der Waals surface area contributed by atoms with Crippen LogP contribution in [0, 0.1) is 11.8 Å². The summed E-state index contributed by atoms with van der Waals surface area (Å²) < 4.78 is 74.6. The minimum Gasteiger partial charge on any atom is -0.493 e. The highest BCUT2D eigenvalue weighted by Crippen LogP contribution is 2.55. The number of alkyl halides is 3. The van der Waals surface area contributed by atoms with E-state index in [-0.39, 0.29) is 24.8 Å². The number of carbonyl (C=O) groups excluding carboxylic acids is 2. The molecule has 1 aromatic heterocycles. The third-order valence-electron chi connectivity index (χ3n) is 8.68. The zero-order valence-electron chi connectivity index (χ0n) is 25.2. The molecule has 0 unspecified atom stereocenters. The summed E-state index contributed by atoms with van der Waals surface area (Å²) in [6.45, 7) is 0.0117. The number of methoxy groups -OCH3 is 3. The van der Waals surface area contributed by atoms with Crippen molar-refractivity contribution in [2.24, 2.45) is 11.8 Å². The van der Waals surface area contributed by atoms with Gasteiger partial charge in [-0.2, -0.15) is 13.2 Å². The standard InChI is InChI=1S/C32H27F3N4O8/c1-42-24-7-15(8-25(43-2)29(24)44-3)26-18-10-22-23(47-14-46-22)11-19(18)28(20-13-45-31(41)27(20)26)36-30(40)21-12-39(38-37-21)17-6-4-5-16(9-17)32(33,34)35/h4-12,20,26-28H,13-14H2,1-3H3,(H,36,40)/t20-,26+,27-,28+/m0/s1. The minimum atomic E-state index is -4.56. The van der Waals surface area contributed by atoms with Crippen LogP contribution in [0.4, 0.5) is 13.2 Å². The Morgan fingerprint density at radius 1 is 0.957 bits per heavy atom. The molecule has 3 aliphatic rings. The summed E-state index contributed by atoms with van der Waals surface area (Å²) in [5.74, 6) is -0.826. The first-order valence-corrected chi connectivity index (χ1v) is 14.4. The molecule has 1 fully saturated rings. The summed E-state index contributed by atoms with van der Waals surface area (Å²) in [7, 11) is 4.48. The third kappa shape index (κ3) is 5.11. The number of hydrogen-bond acceptors (Lipinski definition) is 10. The maximum absolute atomic E-state index is 13.7. The number of ether oxygens (including phenoxy) is 6. The van der Waals surface area contributed by atoms with E-state index < -0.39 is 47.4 Å². The first kappa shape index (κ1) is 30.2. The monoisotopic (exact) mass is 652 g/mol. The van der Waals surface area contributed by atoms with Crippen molar-refractivity contribution in [1.82, 2.24) is 20.3 Å². The lowest BCUT2D eigenvalue weighted by Crippen LogP contribution is -2.43. The van der Waals surface area contributed by atoms with Gasteiger partial charge in [0.25, 0.3) is 5.91 Å². The van der Waals surface area contributed by atoms with Gasteiger partial charge in [-0.15, -0.1) is 5.10 Å². The van der Waals surface area contributed by atoms with Crippen LogP contribution >= 0.6 is 0 Å². The van der Waals surface area contributed by atoms with Gasteiger partial charge in [-0.3, -0.25) is 9.59 Å². The first-order valence-electron chi connectivity index (χ1n) is 14.4. The quantitative estimate of drug-likeness (QED) is 0.286. The normalized spacial score (nSPS) is 21.0. The molecule has 1 amide bonds. The van der Waals surface area contributed by atoms with E-state index in [0.29, 0.717) is 45.4 Å². The van der Waals surface area contributed by atoms with Crippen LogP contribution in [0.15, 0.2) is 54.7 Å². The molecule has 3 heterocycles. The highest BCUT2D eigenvalue weighted by Gasteiger charge is 2.53. The van der Waals surface area contributed by atoms with Crippen molar-refractivity contribution in [1.29, 1.82) is 0 Å². The summed E-state index contributed by atoms with van der Waals surface area (Å²) in [5.41, 5.74) is 1.09. The highest BCUT2D eigenvalue weighted by atomic mass is 19.4. The molecule has 0 bridgehead atoms. The van der Waals surface area contributed by atoms with Gasteiger partial charge in [0, 0.05) is 11.8 Å². The molecule has 1 saturated heterocycles. The molecule has 244 valence electrons. The summed E-state index contributed by atoms with van der Waals surface area (Å²) >= 11 is 0. The van der Waals surface area contributed by atoms with E-state index in [1.165, 1.54) is 39.7 Å². The van der Waals surface area contributed by atoms with Crippen LogP contribution in [-0.4, -0.2) is 61.6 Å². The summed E-state index contributed by atoms with van der Waals surface area (Å²) in [6, 6.07) is 10.9. The van der Waals surface area contributed by atoms with E-state index in [0.717, 1.165) is 16.8 Å². The van der Waals surface area contributed by atoms with Crippen LogP contribution in [-0.2, 0) is 15.7 Å². The Morgan fingerprint density at radius 2 is 1.66 bits per heavy atom. The number of carbonyl (C=O) groups is 2. The van der Waals surface area contributed by atoms with Crippen molar-refractivity contribution in [2.75, 3.05) is 34.7 Å². The topological polar surface area (TPSA) is 132 Å². The second-order valence-corrected chi connectivity index (χ2v) is 11.1. The Kier molecular flexibility index (Phi) is 7.33. The molecule has 47 heavy (non-hydrogen) atoms. The van der Waals surface area contributed by atoms with Gasteiger partial charge >= 0.3 is 12.1 Å².